The van der Waals surface area contributed by atoms with E-state index >= 15 is 0 Å². The van der Waals surface area contributed by atoms with Crippen LogP contribution < -0.4 is 5.32 Å². The van der Waals surface area contributed by atoms with Crippen molar-refractivity contribution in [1.82, 2.24) is 19.8 Å². The van der Waals surface area contributed by atoms with Crippen molar-refractivity contribution in [2.75, 3.05) is 13.1 Å². The Morgan fingerprint density at radius 3 is 2.44 bits per heavy atom. The van der Waals surface area contributed by atoms with E-state index in [1.54, 1.807) is 24.3 Å². The fourth-order valence-corrected chi connectivity index (χ4v) is 4.42. The second-order valence-corrected chi connectivity index (χ2v) is 8.79. The van der Waals surface area contributed by atoms with Crippen LogP contribution in [0.1, 0.15) is 61.3 Å². The zero-order valence-electron chi connectivity index (χ0n) is 18.4. The number of aryl methyl sites for hydroxylation is 1. The van der Waals surface area contributed by atoms with Crippen LogP contribution >= 0.6 is 11.6 Å². The molecule has 0 radical (unpaired) electrons. The number of amides is 2. The summed E-state index contributed by atoms with van der Waals surface area (Å²) < 4.78 is 2.07. The summed E-state index contributed by atoms with van der Waals surface area (Å²) in [5, 5.41) is 3.62. The van der Waals surface area contributed by atoms with Gasteiger partial charge in [-0.25, -0.2) is 4.98 Å². The van der Waals surface area contributed by atoms with E-state index in [4.69, 9.17) is 16.6 Å². The molecule has 1 saturated heterocycles. The maximum atomic E-state index is 12.9. The number of likely N-dealkylation sites (tertiary alicyclic amines) is 1. The van der Waals surface area contributed by atoms with Crippen LogP contribution in [0.25, 0.3) is 11.0 Å². The van der Waals surface area contributed by atoms with E-state index in [9.17, 15) is 9.59 Å². The highest BCUT2D eigenvalue weighted by atomic mass is 35.5. The Balaban J connectivity index is 1.52. The number of fused-ring (bicyclic) bond motifs is 1. The lowest BCUT2D eigenvalue weighted by Gasteiger charge is -2.21. The third-order valence-corrected chi connectivity index (χ3v) is 6.29. The summed E-state index contributed by atoms with van der Waals surface area (Å²) in [5.74, 6) is 0.749. The fraction of sp³-hybridized carbons (Fsp3) is 0.400. The van der Waals surface area contributed by atoms with Gasteiger partial charge in [0.15, 0.2) is 0 Å². The van der Waals surface area contributed by atoms with Gasteiger partial charge in [0.1, 0.15) is 5.82 Å². The van der Waals surface area contributed by atoms with Crippen LogP contribution in [0.15, 0.2) is 48.5 Å². The SMILES string of the molecule is CC(NC(=O)c1ccc(Cl)cc1)c1nc2ccccc2n1CCC(=O)N1CCCCCC1. The molecule has 1 fully saturated rings. The lowest BCUT2D eigenvalue weighted by Crippen LogP contribution is -2.33. The molecule has 1 aliphatic rings. The van der Waals surface area contributed by atoms with Crippen LogP contribution in [0.4, 0.5) is 0 Å². The molecule has 6 nitrogen and oxygen atoms in total. The van der Waals surface area contributed by atoms with Gasteiger partial charge in [0.2, 0.25) is 5.91 Å². The van der Waals surface area contributed by atoms with Crippen LogP contribution in [0.5, 0.6) is 0 Å². The first-order valence-corrected chi connectivity index (χ1v) is 11.7. The molecule has 1 aromatic heterocycles. The smallest absolute Gasteiger partial charge is 0.251 e. The van der Waals surface area contributed by atoms with E-state index < -0.39 is 0 Å². The molecule has 1 N–H and O–H groups in total. The number of halogens is 1. The molecule has 3 aromatic rings. The highest BCUT2D eigenvalue weighted by molar-refractivity contribution is 6.30. The Labute approximate surface area is 193 Å². The first kappa shape index (κ1) is 22.3. The third-order valence-electron chi connectivity index (χ3n) is 6.03. The van der Waals surface area contributed by atoms with Crippen molar-refractivity contribution < 1.29 is 9.59 Å². The molecule has 32 heavy (non-hydrogen) atoms. The fourth-order valence-electron chi connectivity index (χ4n) is 4.29. The molecule has 168 valence electrons. The van der Waals surface area contributed by atoms with Gasteiger partial charge in [-0.1, -0.05) is 36.6 Å². The molecular formula is C25H29ClN4O2. The van der Waals surface area contributed by atoms with Gasteiger partial charge in [-0.15, -0.1) is 0 Å². The first-order valence-electron chi connectivity index (χ1n) is 11.3. The Hall–Kier alpha value is -2.86. The monoisotopic (exact) mass is 452 g/mol. The molecule has 1 atom stereocenters. The summed E-state index contributed by atoms with van der Waals surface area (Å²) in [6, 6.07) is 14.4. The number of carbonyl (C=O) groups is 2. The normalized spacial score (nSPS) is 15.4. The average Bonchev–Trinajstić information content (AvgIpc) is 2.95. The largest absolute Gasteiger partial charge is 0.343 e. The molecule has 0 spiro atoms. The highest BCUT2D eigenvalue weighted by Crippen LogP contribution is 2.22. The van der Waals surface area contributed by atoms with Crippen LogP contribution in [-0.2, 0) is 11.3 Å². The minimum absolute atomic E-state index is 0.187. The van der Waals surface area contributed by atoms with Gasteiger partial charge in [0, 0.05) is 36.6 Å². The molecular weight excluding hydrogens is 424 g/mol. The lowest BCUT2D eigenvalue weighted by atomic mass is 10.2. The molecule has 4 rings (SSSR count). The minimum Gasteiger partial charge on any atom is -0.343 e. The lowest BCUT2D eigenvalue weighted by molar-refractivity contribution is -0.131. The second kappa shape index (κ2) is 10.2. The Kier molecular flexibility index (Phi) is 7.10. The Morgan fingerprint density at radius 2 is 1.72 bits per heavy atom. The number of hydrogen-bond donors (Lipinski definition) is 1. The quantitative estimate of drug-likeness (QED) is 0.574. The molecule has 2 amide bonds. The van der Waals surface area contributed by atoms with Gasteiger partial charge in [-0.3, -0.25) is 9.59 Å². The Morgan fingerprint density at radius 1 is 1.03 bits per heavy atom. The van der Waals surface area contributed by atoms with Gasteiger partial charge in [-0.05, 0) is 56.2 Å². The molecule has 0 saturated carbocycles. The first-order chi connectivity index (χ1) is 15.5. The van der Waals surface area contributed by atoms with Crippen molar-refractivity contribution in [2.24, 2.45) is 0 Å². The zero-order valence-corrected chi connectivity index (χ0v) is 19.1. The standard InChI is InChI=1S/C25H29ClN4O2/c1-18(27-25(32)19-10-12-20(26)13-11-19)24-28-21-8-4-5-9-22(21)30(24)17-14-23(31)29-15-6-2-3-7-16-29/h4-5,8-13,18H,2-3,6-7,14-17H2,1H3,(H,27,32). The van der Waals surface area contributed by atoms with Gasteiger partial charge < -0.3 is 14.8 Å². The summed E-state index contributed by atoms with van der Waals surface area (Å²) in [6.07, 6.45) is 4.98. The number of aromatic nitrogens is 2. The van der Waals surface area contributed by atoms with E-state index in [2.05, 4.69) is 9.88 Å². The van der Waals surface area contributed by atoms with Gasteiger partial charge in [0.05, 0.1) is 17.1 Å². The van der Waals surface area contributed by atoms with Gasteiger partial charge in [-0.2, -0.15) is 0 Å². The van der Waals surface area contributed by atoms with E-state index in [-0.39, 0.29) is 17.9 Å². The van der Waals surface area contributed by atoms with Gasteiger partial charge >= 0.3 is 0 Å². The topological polar surface area (TPSA) is 67.2 Å². The number of para-hydroxylation sites is 2. The molecule has 0 aliphatic carbocycles. The highest BCUT2D eigenvalue weighted by Gasteiger charge is 2.21. The zero-order chi connectivity index (χ0) is 22.5. The molecule has 2 heterocycles. The number of benzene rings is 2. The van der Waals surface area contributed by atoms with Crippen molar-refractivity contribution in [3.8, 4) is 0 Å². The maximum absolute atomic E-state index is 12.9. The van der Waals surface area contributed by atoms with Crippen molar-refractivity contribution in [1.29, 1.82) is 0 Å². The van der Waals surface area contributed by atoms with Crippen molar-refractivity contribution in [3.05, 3.63) is 64.9 Å². The van der Waals surface area contributed by atoms with Crippen LogP contribution in [0, 0.1) is 0 Å². The van der Waals surface area contributed by atoms with Gasteiger partial charge in [0.25, 0.3) is 5.91 Å². The summed E-state index contributed by atoms with van der Waals surface area (Å²) in [6.45, 7) is 4.16. The number of nitrogens with zero attached hydrogens (tertiary/aromatic N) is 3. The van der Waals surface area contributed by atoms with Crippen molar-refractivity contribution in [3.63, 3.8) is 0 Å². The second-order valence-electron chi connectivity index (χ2n) is 8.36. The molecule has 2 aromatic carbocycles. The summed E-state index contributed by atoms with van der Waals surface area (Å²) >= 11 is 5.93. The van der Waals surface area contributed by atoms with Crippen LogP contribution in [0.2, 0.25) is 5.02 Å². The molecule has 7 heteroatoms. The number of nitrogens with one attached hydrogen (secondary N) is 1. The van der Waals surface area contributed by atoms with E-state index in [0.717, 1.165) is 42.8 Å². The molecule has 1 unspecified atom stereocenters. The predicted molar refractivity (Wildman–Crippen MR) is 127 cm³/mol. The van der Waals surface area contributed by atoms with E-state index in [1.165, 1.54) is 12.8 Å². The van der Waals surface area contributed by atoms with E-state index in [1.807, 2.05) is 36.1 Å². The summed E-state index contributed by atoms with van der Waals surface area (Å²) in [4.78, 5) is 32.4. The summed E-state index contributed by atoms with van der Waals surface area (Å²) in [7, 11) is 0. The minimum atomic E-state index is -0.320. The molecule has 0 bridgehead atoms. The summed E-state index contributed by atoms with van der Waals surface area (Å²) in [5.41, 5.74) is 2.37. The third kappa shape index (κ3) is 5.13. The van der Waals surface area contributed by atoms with Crippen LogP contribution in [0.3, 0.4) is 0 Å². The van der Waals surface area contributed by atoms with Crippen molar-refractivity contribution in [2.45, 2.75) is 51.6 Å². The number of imidazole rings is 1. The van der Waals surface area contributed by atoms with Crippen LogP contribution in [-0.4, -0.2) is 39.4 Å². The Bertz CT molecular complexity index is 1090. The van der Waals surface area contributed by atoms with Crippen molar-refractivity contribution >= 4 is 34.4 Å². The number of carbonyl (C=O) groups excluding carboxylic acids is 2. The number of rotatable bonds is 6. The number of hydrogen-bond acceptors (Lipinski definition) is 3. The predicted octanol–water partition coefficient (Wildman–Crippen LogP) is 4.97. The van der Waals surface area contributed by atoms with E-state index in [0.29, 0.717) is 23.6 Å². The average molecular weight is 453 g/mol. The molecule has 1 aliphatic heterocycles. The maximum Gasteiger partial charge on any atom is 0.251 e.